The molecule has 19 heavy (non-hydrogen) atoms. The molecule has 4 atom stereocenters. The maximum absolute atomic E-state index is 12.0. The summed E-state index contributed by atoms with van der Waals surface area (Å²) in [6.07, 6.45) is -2.29. The zero-order chi connectivity index (χ0) is 14.2. The maximum Gasteiger partial charge on any atom is 0.332 e. The summed E-state index contributed by atoms with van der Waals surface area (Å²) in [5.41, 5.74) is -1.02. The first-order chi connectivity index (χ1) is 9.01. The minimum absolute atomic E-state index is 0.391. The van der Waals surface area contributed by atoms with Gasteiger partial charge >= 0.3 is 5.69 Å². The van der Waals surface area contributed by atoms with E-state index in [0.29, 0.717) is 0 Å². The third-order valence-corrected chi connectivity index (χ3v) is 3.26. The highest BCUT2D eigenvalue weighted by atomic mass is 16.6. The predicted molar refractivity (Wildman–Crippen MR) is 63.7 cm³/mol. The molecule has 0 spiro atoms. The monoisotopic (exact) mass is 272 g/mol. The van der Waals surface area contributed by atoms with Crippen LogP contribution in [0.5, 0.6) is 0 Å². The third kappa shape index (κ3) is 2.23. The van der Waals surface area contributed by atoms with Crippen LogP contribution in [-0.4, -0.2) is 51.4 Å². The van der Waals surface area contributed by atoms with Gasteiger partial charge in [0.2, 0.25) is 0 Å². The molecule has 106 valence electrons. The molecule has 1 aliphatic heterocycles. The Balaban J connectivity index is 2.44. The fraction of sp³-hybridized carbons (Fsp3) is 0.636. The first-order valence-electron chi connectivity index (χ1n) is 5.76. The molecular weight excluding hydrogens is 256 g/mol. The molecule has 0 unspecified atom stereocenters. The number of hydrogen-bond donors (Lipinski definition) is 2. The number of methoxy groups -OCH3 is 1. The molecule has 8 heteroatoms. The third-order valence-electron chi connectivity index (χ3n) is 3.26. The molecular formula is C11H16N2O6. The summed E-state index contributed by atoms with van der Waals surface area (Å²) in [6, 6.07) is 1.22. The zero-order valence-corrected chi connectivity index (χ0v) is 10.6. The summed E-state index contributed by atoms with van der Waals surface area (Å²) in [4.78, 5) is 23.3. The summed E-state index contributed by atoms with van der Waals surface area (Å²) in [7, 11) is 2.72. The van der Waals surface area contributed by atoms with E-state index in [4.69, 9.17) is 14.6 Å². The molecule has 0 saturated carbocycles. The van der Waals surface area contributed by atoms with E-state index < -0.39 is 42.4 Å². The van der Waals surface area contributed by atoms with Crippen molar-refractivity contribution in [2.75, 3.05) is 13.7 Å². The number of hydrogen-bond acceptors (Lipinski definition) is 6. The van der Waals surface area contributed by atoms with Crippen LogP contribution in [0.1, 0.15) is 6.23 Å². The van der Waals surface area contributed by atoms with Crippen LogP contribution in [-0.2, 0) is 16.5 Å². The second-order valence-electron chi connectivity index (χ2n) is 4.34. The van der Waals surface area contributed by atoms with E-state index in [9.17, 15) is 14.7 Å². The Morgan fingerprint density at radius 2 is 2.16 bits per heavy atom. The van der Waals surface area contributed by atoms with Gasteiger partial charge in [0.15, 0.2) is 6.23 Å². The Morgan fingerprint density at radius 1 is 1.47 bits per heavy atom. The minimum atomic E-state index is -1.05. The molecule has 8 nitrogen and oxygen atoms in total. The fourth-order valence-corrected chi connectivity index (χ4v) is 2.13. The van der Waals surface area contributed by atoms with Gasteiger partial charge in [-0.2, -0.15) is 0 Å². The number of rotatable bonds is 3. The Kier molecular flexibility index (Phi) is 3.85. The molecule has 1 aliphatic rings. The van der Waals surface area contributed by atoms with Crippen LogP contribution < -0.4 is 11.2 Å². The van der Waals surface area contributed by atoms with E-state index in [1.807, 2.05) is 0 Å². The average Bonchev–Trinajstić information content (AvgIpc) is 2.72. The number of aliphatic hydroxyl groups excluding tert-OH is 2. The van der Waals surface area contributed by atoms with Crippen molar-refractivity contribution < 1.29 is 19.7 Å². The first kappa shape index (κ1) is 13.9. The van der Waals surface area contributed by atoms with Gasteiger partial charge in [0.1, 0.15) is 18.3 Å². The molecule has 0 aliphatic carbocycles. The minimum Gasteiger partial charge on any atom is -0.394 e. The van der Waals surface area contributed by atoms with Crippen molar-refractivity contribution in [3.05, 3.63) is 33.1 Å². The van der Waals surface area contributed by atoms with Crippen molar-refractivity contribution in [1.82, 2.24) is 9.13 Å². The van der Waals surface area contributed by atoms with Crippen molar-refractivity contribution in [2.45, 2.75) is 24.5 Å². The Hall–Kier alpha value is -1.48. The highest BCUT2D eigenvalue weighted by molar-refractivity contribution is 4.94. The molecule has 0 bridgehead atoms. The standard InChI is InChI=1S/C11H16N2O6/c1-12-7(15)3-4-13(11(12)17)10-9(18-2)8(16)6(5-14)19-10/h3-4,6,8-10,14,16H,5H2,1-2H3/t6-,8+,9-,10-/m1/s1. The van der Waals surface area contributed by atoms with E-state index in [0.717, 1.165) is 9.13 Å². The lowest BCUT2D eigenvalue weighted by Crippen LogP contribution is -2.42. The fourth-order valence-electron chi connectivity index (χ4n) is 2.13. The van der Waals surface area contributed by atoms with E-state index in [-0.39, 0.29) is 0 Å². The SMILES string of the molecule is CO[C@@H]1[C@@H](O)[C@@H](CO)O[C@H]1n1ccc(=O)n(C)c1=O. The molecule has 1 fully saturated rings. The Morgan fingerprint density at radius 3 is 2.74 bits per heavy atom. The summed E-state index contributed by atoms with van der Waals surface area (Å²) in [6.45, 7) is -0.391. The lowest BCUT2D eigenvalue weighted by Gasteiger charge is -2.20. The van der Waals surface area contributed by atoms with Crippen LogP contribution in [0, 0.1) is 0 Å². The molecule has 2 N–H and O–H groups in total. The number of aliphatic hydroxyl groups is 2. The predicted octanol–water partition coefficient (Wildman–Crippen LogP) is -2.19. The maximum atomic E-state index is 12.0. The van der Waals surface area contributed by atoms with E-state index in [1.165, 1.54) is 26.4 Å². The van der Waals surface area contributed by atoms with Crippen LogP contribution in [0.2, 0.25) is 0 Å². The molecule has 0 radical (unpaired) electrons. The number of nitrogens with zero attached hydrogens (tertiary/aromatic N) is 2. The van der Waals surface area contributed by atoms with Gasteiger partial charge in [-0.3, -0.25) is 13.9 Å². The van der Waals surface area contributed by atoms with Crippen molar-refractivity contribution in [3.8, 4) is 0 Å². The first-order valence-corrected chi connectivity index (χ1v) is 5.76. The van der Waals surface area contributed by atoms with Crippen LogP contribution in [0.4, 0.5) is 0 Å². The normalized spacial score (nSPS) is 30.7. The topological polar surface area (TPSA) is 103 Å². The highest BCUT2D eigenvalue weighted by Crippen LogP contribution is 2.29. The van der Waals surface area contributed by atoms with Gasteiger partial charge in [0, 0.05) is 26.4 Å². The van der Waals surface area contributed by atoms with Gasteiger partial charge < -0.3 is 19.7 Å². The lowest BCUT2D eigenvalue weighted by atomic mass is 10.1. The molecule has 0 aromatic carbocycles. The highest BCUT2D eigenvalue weighted by Gasteiger charge is 2.45. The largest absolute Gasteiger partial charge is 0.394 e. The summed E-state index contributed by atoms with van der Waals surface area (Å²) in [5, 5.41) is 19.0. The van der Waals surface area contributed by atoms with Crippen LogP contribution >= 0.6 is 0 Å². The van der Waals surface area contributed by atoms with Gasteiger partial charge in [0.05, 0.1) is 6.61 Å². The van der Waals surface area contributed by atoms with Crippen LogP contribution in [0.15, 0.2) is 21.9 Å². The van der Waals surface area contributed by atoms with Gasteiger partial charge in [0.25, 0.3) is 5.56 Å². The average molecular weight is 272 g/mol. The van der Waals surface area contributed by atoms with Crippen molar-refractivity contribution in [3.63, 3.8) is 0 Å². The zero-order valence-electron chi connectivity index (χ0n) is 10.6. The van der Waals surface area contributed by atoms with Crippen molar-refractivity contribution in [2.24, 2.45) is 7.05 Å². The quantitative estimate of drug-likeness (QED) is 0.648. The molecule has 2 rings (SSSR count). The smallest absolute Gasteiger partial charge is 0.332 e. The van der Waals surface area contributed by atoms with E-state index >= 15 is 0 Å². The second-order valence-corrected chi connectivity index (χ2v) is 4.34. The lowest BCUT2D eigenvalue weighted by molar-refractivity contribution is -0.0630. The van der Waals surface area contributed by atoms with Crippen LogP contribution in [0.25, 0.3) is 0 Å². The molecule has 2 heterocycles. The van der Waals surface area contributed by atoms with Crippen LogP contribution in [0.3, 0.4) is 0 Å². The summed E-state index contributed by atoms with van der Waals surface area (Å²) < 4.78 is 12.6. The van der Waals surface area contributed by atoms with Gasteiger partial charge in [-0.15, -0.1) is 0 Å². The summed E-state index contributed by atoms with van der Waals surface area (Å²) in [5.74, 6) is 0. The number of ether oxygens (including phenoxy) is 2. The van der Waals surface area contributed by atoms with Gasteiger partial charge in [-0.05, 0) is 0 Å². The molecule has 1 aromatic rings. The second kappa shape index (κ2) is 5.25. The van der Waals surface area contributed by atoms with E-state index in [1.54, 1.807) is 0 Å². The Labute approximate surface area is 108 Å². The summed E-state index contributed by atoms with van der Waals surface area (Å²) >= 11 is 0. The molecule has 1 aromatic heterocycles. The molecule has 0 amide bonds. The molecule has 1 saturated heterocycles. The van der Waals surface area contributed by atoms with Crippen molar-refractivity contribution in [1.29, 1.82) is 0 Å². The van der Waals surface area contributed by atoms with E-state index in [2.05, 4.69) is 0 Å². The van der Waals surface area contributed by atoms with Gasteiger partial charge in [-0.25, -0.2) is 4.79 Å². The van der Waals surface area contributed by atoms with Gasteiger partial charge in [-0.1, -0.05) is 0 Å². The number of aromatic nitrogens is 2. The Bertz CT molecular complexity index is 565. The van der Waals surface area contributed by atoms with Crippen molar-refractivity contribution >= 4 is 0 Å².